The average molecular weight is 487 g/mol. The van der Waals surface area contributed by atoms with E-state index in [0.29, 0.717) is 0 Å². The van der Waals surface area contributed by atoms with Crippen molar-refractivity contribution in [1.29, 1.82) is 0 Å². The summed E-state index contributed by atoms with van der Waals surface area (Å²) in [6, 6.07) is 0. The van der Waals surface area contributed by atoms with Crippen LogP contribution in [0.15, 0.2) is 0 Å². The van der Waals surface area contributed by atoms with Crippen LogP contribution in [0.2, 0.25) is 0 Å². The molecule has 0 spiro atoms. The predicted molar refractivity (Wildman–Crippen MR) is 66.9 cm³/mol. The summed E-state index contributed by atoms with van der Waals surface area (Å²) in [6.07, 6.45) is -22.1. The molecule has 6 nitrogen and oxygen atoms in total. The van der Waals surface area contributed by atoms with E-state index < -0.39 is 71.7 Å². The van der Waals surface area contributed by atoms with Crippen LogP contribution in [0.25, 0.3) is 0 Å². The van der Waals surface area contributed by atoms with Crippen LogP contribution in [0.4, 0.5) is 52.7 Å². The number of alkyl halides is 12. The molecule has 178 valence electrons. The quantitative estimate of drug-likeness (QED) is 0.358. The van der Waals surface area contributed by atoms with E-state index in [4.69, 9.17) is 0 Å². The Kier molecular flexibility index (Phi) is 6.82. The summed E-state index contributed by atoms with van der Waals surface area (Å²) in [6.45, 7) is -13.5. The number of rotatable bonds is 8. The van der Waals surface area contributed by atoms with Gasteiger partial charge in [0.25, 0.3) is 0 Å². The van der Waals surface area contributed by atoms with E-state index in [0.717, 1.165) is 0 Å². The molecule has 0 aromatic carbocycles. The molecular weight excluding hydrogens is 475 g/mol. The van der Waals surface area contributed by atoms with Crippen LogP contribution in [0.3, 0.4) is 0 Å². The molecule has 1 saturated heterocycles. The maximum atomic E-state index is 12.6. The summed E-state index contributed by atoms with van der Waals surface area (Å²) in [5.74, 6) is 0. The van der Waals surface area contributed by atoms with E-state index in [9.17, 15) is 52.7 Å². The summed E-state index contributed by atoms with van der Waals surface area (Å²) >= 11 is 0. The molecule has 0 aromatic heterocycles. The Morgan fingerprint density at radius 2 is 0.690 bits per heavy atom. The molecule has 0 bridgehead atoms. The molecular formula is C10H12F12O6P-. The summed E-state index contributed by atoms with van der Waals surface area (Å²) in [4.78, 5) is 0. The topological polar surface area (TPSA) is 55.4 Å². The molecule has 0 N–H and O–H groups in total. The van der Waals surface area contributed by atoms with E-state index >= 15 is 0 Å². The summed E-state index contributed by atoms with van der Waals surface area (Å²) < 4.78 is 175. The second kappa shape index (κ2) is 7.49. The molecule has 0 atom stereocenters. The first kappa shape index (κ1) is 26.4. The fourth-order valence-corrected chi connectivity index (χ4v) is 5.48. The first-order chi connectivity index (χ1) is 12.6. The van der Waals surface area contributed by atoms with Crippen LogP contribution < -0.4 is 0 Å². The number of hydrogen-bond donors (Lipinski definition) is 0. The van der Waals surface area contributed by atoms with Gasteiger partial charge in [0, 0.05) is 0 Å². The second-order valence-corrected chi connectivity index (χ2v) is 9.12. The van der Waals surface area contributed by atoms with Crippen molar-refractivity contribution in [3.05, 3.63) is 0 Å². The van der Waals surface area contributed by atoms with Gasteiger partial charge in [0.2, 0.25) is 0 Å². The minimum atomic E-state index is -8.31. The molecule has 1 rings (SSSR count). The molecule has 0 saturated carbocycles. The predicted octanol–water partition coefficient (Wildman–Crippen LogP) is 4.93. The van der Waals surface area contributed by atoms with E-state index in [1.165, 1.54) is 0 Å². The van der Waals surface area contributed by atoms with Crippen molar-refractivity contribution in [2.45, 2.75) is 24.7 Å². The van der Waals surface area contributed by atoms with Crippen molar-refractivity contribution in [2.75, 3.05) is 39.6 Å². The molecule has 1 fully saturated rings. The Bertz CT molecular complexity index is 482. The van der Waals surface area contributed by atoms with Gasteiger partial charge in [0.1, 0.15) is 0 Å². The van der Waals surface area contributed by atoms with Crippen molar-refractivity contribution in [3.63, 3.8) is 0 Å². The zero-order valence-electron chi connectivity index (χ0n) is 13.7. The van der Waals surface area contributed by atoms with E-state index in [1.807, 2.05) is 0 Å². The Labute approximate surface area is 152 Å². The maximum absolute atomic E-state index is 12.6. The van der Waals surface area contributed by atoms with Gasteiger partial charge >= 0.3 is 151 Å². The van der Waals surface area contributed by atoms with Crippen molar-refractivity contribution in [2.24, 2.45) is 0 Å². The third-order valence-corrected chi connectivity index (χ3v) is 6.80. The van der Waals surface area contributed by atoms with Gasteiger partial charge in [0.05, 0.1) is 0 Å². The molecule has 0 aliphatic carbocycles. The van der Waals surface area contributed by atoms with Crippen LogP contribution in [-0.4, -0.2) is 64.3 Å². The van der Waals surface area contributed by atoms with E-state index in [2.05, 4.69) is 27.1 Å². The van der Waals surface area contributed by atoms with Gasteiger partial charge in [-0.25, -0.2) is 0 Å². The van der Waals surface area contributed by atoms with Crippen LogP contribution >= 0.6 is 7.31 Å². The Morgan fingerprint density at radius 1 is 0.483 bits per heavy atom. The van der Waals surface area contributed by atoms with Gasteiger partial charge < -0.3 is 0 Å². The first-order valence-corrected chi connectivity index (χ1v) is 9.20. The van der Waals surface area contributed by atoms with Gasteiger partial charge in [-0.05, 0) is 0 Å². The van der Waals surface area contributed by atoms with Gasteiger partial charge in [-0.2, -0.15) is 0 Å². The molecule has 0 aromatic rings. The monoisotopic (exact) mass is 487 g/mol. The van der Waals surface area contributed by atoms with Crippen LogP contribution in [0, 0.1) is 0 Å². The first-order valence-electron chi connectivity index (χ1n) is 7.01. The third kappa shape index (κ3) is 7.52. The second-order valence-electron chi connectivity index (χ2n) is 5.34. The summed E-state index contributed by atoms with van der Waals surface area (Å²) in [5, 5.41) is 0. The third-order valence-electron chi connectivity index (χ3n) is 2.76. The molecule has 1 aliphatic heterocycles. The zero-order chi connectivity index (χ0) is 22.9. The molecule has 29 heavy (non-hydrogen) atoms. The molecule has 0 radical (unpaired) electrons. The van der Waals surface area contributed by atoms with Crippen molar-refractivity contribution in [1.82, 2.24) is 0 Å². The Hall–Kier alpha value is -0.650. The Balaban J connectivity index is 3.57. The Morgan fingerprint density at radius 3 is 0.862 bits per heavy atom. The van der Waals surface area contributed by atoms with Crippen LogP contribution in [0.1, 0.15) is 0 Å². The SMILES string of the molecule is FC(F)(F)CO[P-]1(OCC(F)(F)F)(OCC(F)(F)F)(OCC(F)(F)F)OCCO1. The zero-order valence-corrected chi connectivity index (χ0v) is 14.6. The number of halogens is 12. The molecule has 0 amide bonds. The van der Waals surface area contributed by atoms with Gasteiger partial charge in [-0.15, -0.1) is 0 Å². The van der Waals surface area contributed by atoms with Gasteiger partial charge in [-0.3, -0.25) is 0 Å². The van der Waals surface area contributed by atoms with E-state index in [-0.39, 0.29) is 0 Å². The van der Waals surface area contributed by atoms with Crippen molar-refractivity contribution >= 4 is 7.31 Å². The fraction of sp³-hybridized carbons (Fsp3) is 1.00. The average Bonchev–Trinajstić information content (AvgIpc) is 2.90. The molecule has 19 heteroatoms. The summed E-state index contributed by atoms with van der Waals surface area (Å²) in [5.41, 5.74) is 0. The van der Waals surface area contributed by atoms with Crippen molar-refractivity contribution < 1.29 is 79.8 Å². The van der Waals surface area contributed by atoms with Crippen LogP contribution in [-0.2, 0) is 27.1 Å². The van der Waals surface area contributed by atoms with Crippen molar-refractivity contribution in [3.8, 4) is 0 Å². The fourth-order valence-electron chi connectivity index (χ4n) is 1.83. The van der Waals surface area contributed by atoms with E-state index in [1.54, 1.807) is 0 Å². The standard InChI is InChI=1S/C10H12F12O6P/c11-7(12,13)3-25-29(23-1-2-24-29,26-4-8(14,15)16,27-5-9(17,18)19)28-6-10(20,21)22/h1-6H2/q-1. The minimum absolute atomic E-state index is 1.18. The normalized spacial score (nSPS) is 24.4. The molecule has 1 heterocycles. The van der Waals surface area contributed by atoms with Crippen LogP contribution in [0.5, 0.6) is 0 Å². The number of hydrogen-bond acceptors (Lipinski definition) is 6. The van der Waals surface area contributed by atoms with Gasteiger partial charge in [-0.1, -0.05) is 0 Å². The van der Waals surface area contributed by atoms with Gasteiger partial charge in [0.15, 0.2) is 0 Å². The summed E-state index contributed by atoms with van der Waals surface area (Å²) in [7, 11) is -8.31. The molecule has 0 unspecified atom stereocenters. The molecule has 1 aliphatic rings.